The molecule has 6 nitrogen and oxygen atoms in total. The molecule has 0 saturated carbocycles. The third-order valence-electron chi connectivity index (χ3n) is 2.90. The zero-order chi connectivity index (χ0) is 15.0. The molecule has 0 unspecified atom stereocenters. The maximum absolute atomic E-state index is 11.7. The molecule has 20 heavy (non-hydrogen) atoms. The lowest BCUT2D eigenvalue weighted by atomic mass is 10.1. The van der Waals surface area contributed by atoms with Crippen molar-refractivity contribution in [3.8, 4) is 0 Å². The van der Waals surface area contributed by atoms with Gasteiger partial charge in [-0.25, -0.2) is 0 Å². The molecule has 0 fully saturated rings. The maximum atomic E-state index is 11.7. The van der Waals surface area contributed by atoms with Crippen LogP contribution in [-0.2, 0) is 4.79 Å². The Hall–Kier alpha value is -2.11. The van der Waals surface area contributed by atoms with E-state index in [4.69, 9.17) is 5.11 Å². The Morgan fingerprint density at radius 1 is 1.20 bits per heavy atom. The zero-order valence-corrected chi connectivity index (χ0v) is 11.6. The van der Waals surface area contributed by atoms with Crippen LogP contribution in [0.3, 0.4) is 0 Å². The van der Waals surface area contributed by atoms with E-state index in [1.165, 1.54) is 6.07 Å². The normalized spacial score (nSPS) is 10.2. The van der Waals surface area contributed by atoms with Crippen LogP contribution in [0.25, 0.3) is 0 Å². The largest absolute Gasteiger partial charge is 0.481 e. The van der Waals surface area contributed by atoms with E-state index < -0.39 is 5.97 Å². The molecule has 0 aromatic carbocycles. The molecule has 0 aliphatic carbocycles. The number of unbranched alkanes of at least 4 members (excludes halogenated alkanes) is 3. The van der Waals surface area contributed by atoms with Crippen molar-refractivity contribution in [2.45, 2.75) is 39.0 Å². The first kappa shape index (κ1) is 15.9. The Morgan fingerprint density at radius 2 is 1.90 bits per heavy atom. The summed E-state index contributed by atoms with van der Waals surface area (Å²) in [6, 6.07) is 3.19. The summed E-state index contributed by atoms with van der Waals surface area (Å²) >= 11 is 0. The Labute approximate surface area is 117 Å². The molecule has 1 amide bonds. The summed E-state index contributed by atoms with van der Waals surface area (Å²) in [5, 5.41) is 11.2. The number of H-pyrrole nitrogens is 1. The van der Waals surface area contributed by atoms with Gasteiger partial charge in [-0.2, -0.15) is 0 Å². The van der Waals surface area contributed by atoms with Crippen LogP contribution in [0.4, 0.5) is 0 Å². The van der Waals surface area contributed by atoms with Gasteiger partial charge in [0.25, 0.3) is 11.5 Å². The summed E-state index contributed by atoms with van der Waals surface area (Å²) in [6.07, 6.45) is 3.30. The Kier molecular flexibility index (Phi) is 6.49. The van der Waals surface area contributed by atoms with Gasteiger partial charge < -0.3 is 15.4 Å². The molecular weight excluding hydrogens is 260 g/mol. The molecule has 0 aliphatic rings. The van der Waals surface area contributed by atoms with Crippen LogP contribution in [0.2, 0.25) is 0 Å². The summed E-state index contributed by atoms with van der Waals surface area (Å²) in [6.45, 7) is 2.24. The highest BCUT2D eigenvalue weighted by atomic mass is 16.4. The van der Waals surface area contributed by atoms with Gasteiger partial charge in [0.05, 0.1) is 0 Å². The lowest BCUT2D eigenvalue weighted by Gasteiger charge is -2.05. The Bertz CT molecular complexity index is 522. The minimum absolute atomic E-state index is 0.112. The monoisotopic (exact) mass is 280 g/mol. The van der Waals surface area contributed by atoms with Crippen molar-refractivity contribution in [1.29, 1.82) is 0 Å². The number of pyridine rings is 1. The predicted octanol–water partition coefficient (Wildman–Crippen LogP) is 1.45. The van der Waals surface area contributed by atoms with E-state index in [0.29, 0.717) is 18.7 Å². The standard InChI is InChI=1S/C14H20N2O4/c1-10-7-8-11(14(20)16-10)13(19)15-9-5-3-2-4-6-12(17)18/h7-8H,2-6,9H2,1H3,(H,15,19)(H,16,20)(H,17,18). The number of carboxylic acids is 1. The second kappa shape index (κ2) is 8.14. The first-order valence-electron chi connectivity index (χ1n) is 6.70. The minimum Gasteiger partial charge on any atom is -0.481 e. The number of rotatable bonds is 8. The third-order valence-corrected chi connectivity index (χ3v) is 2.90. The van der Waals surface area contributed by atoms with Crippen LogP contribution in [0, 0.1) is 6.92 Å². The number of carboxylic acid groups (broad SMARTS) is 1. The summed E-state index contributed by atoms with van der Waals surface area (Å²) in [4.78, 5) is 36.2. The van der Waals surface area contributed by atoms with Crippen molar-refractivity contribution in [3.63, 3.8) is 0 Å². The lowest BCUT2D eigenvalue weighted by molar-refractivity contribution is -0.137. The number of aliphatic carboxylic acids is 1. The van der Waals surface area contributed by atoms with Crippen molar-refractivity contribution in [1.82, 2.24) is 10.3 Å². The third kappa shape index (κ3) is 5.69. The zero-order valence-electron chi connectivity index (χ0n) is 11.6. The number of carbonyl (C=O) groups excluding carboxylic acids is 1. The van der Waals surface area contributed by atoms with E-state index in [0.717, 1.165) is 19.3 Å². The highest BCUT2D eigenvalue weighted by Gasteiger charge is 2.09. The number of aryl methyl sites for hydroxylation is 1. The van der Waals surface area contributed by atoms with Crippen LogP contribution in [0.15, 0.2) is 16.9 Å². The lowest BCUT2D eigenvalue weighted by Crippen LogP contribution is -2.30. The van der Waals surface area contributed by atoms with Gasteiger partial charge in [0, 0.05) is 18.7 Å². The van der Waals surface area contributed by atoms with Gasteiger partial charge in [-0.15, -0.1) is 0 Å². The number of aromatic nitrogens is 1. The van der Waals surface area contributed by atoms with Crippen molar-refractivity contribution in [2.24, 2.45) is 0 Å². The van der Waals surface area contributed by atoms with Crippen LogP contribution in [-0.4, -0.2) is 28.5 Å². The molecule has 3 N–H and O–H groups in total. The van der Waals surface area contributed by atoms with Crippen LogP contribution in [0.5, 0.6) is 0 Å². The molecule has 110 valence electrons. The molecule has 0 bridgehead atoms. The van der Waals surface area contributed by atoms with Gasteiger partial charge in [0.1, 0.15) is 5.56 Å². The average Bonchev–Trinajstić information content (AvgIpc) is 2.37. The molecule has 0 atom stereocenters. The quantitative estimate of drug-likeness (QED) is 0.627. The number of hydrogen-bond acceptors (Lipinski definition) is 3. The van der Waals surface area contributed by atoms with Crippen molar-refractivity contribution in [3.05, 3.63) is 33.7 Å². The summed E-state index contributed by atoms with van der Waals surface area (Å²) < 4.78 is 0. The number of nitrogens with one attached hydrogen (secondary N) is 2. The molecule has 1 aromatic rings. The van der Waals surface area contributed by atoms with Gasteiger partial charge in [-0.1, -0.05) is 12.8 Å². The van der Waals surface area contributed by atoms with E-state index >= 15 is 0 Å². The average molecular weight is 280 g/mol. The molecule has 0 spiro atoms. The van der Waals surface area contributed by atoms with Gasteiger partial charge >= 0.3 is 5.97 Å². The Morgan fingerprint density at radius 3 is 2.55 bits per heavy atom. The Balaban J connectivity index is 2.23. The molecule has 6 heteroatoms. The van der Waals surface area contributed by atoms with E-state index in [-0.39, 0.29) is 23.5 Å². The van der Waals surface area contributed by atoms with Crippen LogP contribution in [0.1, 0.15) is 48.2 Å². The smallest absolute Gasteiger partial charge is 0.303 e. The molecule has 1 rings (SSSR count). The summed E-state index contributed by atoms with van der Waals surface area (Å²) in [5.41, 5.74) is 0.440. The molecule has 0 saturated heterocycles. The molecule has 1 heterocycles. The fraction of sp³-hybridized carbons (Fsp3) is 0.500. The van der Waals surface area contributed by atoms with E-state index in [2.05, 4.69) is 10.3 Å². The summed E-state index contributed by atoms with van der Waals surface area (Å²) in [7, 11) is 0. The second-order valence-electron chi connectivity index (χ2n) is 4.70. The SMILES string of the molecule is Cc1ccc(C(=O)NCCCCCCC(=O)O)c(=O)[nH]1. The van der Waals surface area contributed by atoms with E-state index in [1.54, 1.807) is 13.0 Å². The predicted molar refractivity (Wildman–Crippen MR) is 74.9 cm³/mol. The van der Waals surface area contributed by atoms with Gasteiger partial charge in [-0.05, 0) is 31.9 Å². The van der Waals surface area contributed by atoms with Crippen LogP contribution < -0.4 is 10.9 Å². The highest BCUT2D eigenvalue weighted by Crippen LogP contribution is 2.02. The molecule has 1 aromatic heterocycles. The number of aromatic amines is 1. The maximum Gasteiger partial charge on any atom is 0.303 e. The number of hydrogen-bond donors (Lipinski definition) is 3. The molecular formula is C14H20N2O4. The van der Waals surface area contributed by atoms with Crippen LogP contribution >= 0.6 is 0 Å². The number of carbonyl (C=O) groups is 2. The molecule has 0 aliphatic heterocycles. The first-order chi connectivity index (χ1) is 9.50. The molecule has 0 radical (unpaired) electrons. The fourth-order valence-corrected chi connectivity index (χ4v) is 1.80. The highest BCUT2D eigenvalue weighted by molar-refractivity contribution is 5.93. The topological polar surface area (TPSA) is 99.3 Å². The minimum atomic E-state index is -0.781. The fourth-order valence-electron chi connectivity index (χ4n) is 1.80. The van der Waals surface area contributed by atoms with Crippen molar-refractivity contribution < 1.29 is 14.7 Å². The summed E-state index contributed by atoms with van der Waals surface area (Å²) in [5.74, 6) is -1.16. The first-order valence-corrected chi connectivity index (χ1v) is 6.70. The second-order valence-corrected chi connectivity index (χ2v) is 4.70. The van der Waals surface area contributed by atoms with Gasteiger partial charge in [-0.3, -0.25) is 14.4 Å². The van der Waals surface area contributed by atoms with E-state index in [1.807, 2.05) is 0 Å². The van der Waals surface area contributed by atoms with Gasteiger partial charge in [0.2, 0.25) is 0 Å². The van der Waals surface area contributed by atoms with Crippen molar-refractivity contribution in [2.75, 3.05) is 6.54 Å². The van der Waals surface area contributed by atoms with E-state index in [9.17, 15) is 14.4 Å². The van der Waals surface area contributed by atoms with Crippen molar-refractivity contribution >= 4 is 11.9 Å². The number of amides is 1. The van der Waals surface area contributed by atoms with Gasteiger partial charge in [0.15, 0.2) is 0 Å².